The lowest BCUT2D eigenvalue weighted by Gasteiger charge is -2.27. The number of para-hydroxylation sites is 1. The summed E-state index contributed by atoms with van der Waals surface area (Å²) in [4.78, 5) is 8.92. The molecular formula is C30H30ClN3O3S. The molecule has 0 amide bonds. The van der Waals surface area contributed by atoms with Crippen molar-refractivity contribution in [2.45, 2.75) is 37.7 Å². The third kappa shape index (κ3) is 5.80. The van der Waals surface area contributed by atoms with E-state index in [1.807, 2.05) is 31.2 Å². The first-order chi connectivity index (χ1) is 18.0. The molecule has 0 saturated carbocycles. The second kappa shape index (κ2) is 11.1. The SMILES string of the molecule is C=Nc1c(-c2cc(C(C)(C)O)ccn2)cccc1N(CCc1ccccc1Cl)S(=O)(=O)c1ccc(C)cc1. The number of sulfonamides is 1. The van der Waals surface area contributed by atoms with Crippen LogP contribution in [0.15, 0.2) is 94.9 Å². The third-order valence-electron chi connectivity index (χ3n) is 6.33. The highest BCUT2D eigenvalue weighted by molar-refractivity contribution is 7.92. The zero-order chi connectivity index (χ0) is 27.5. The number of halogens is 1. The lowest BCUT2D eigenvalue weighted by atomic mass is 9.97. The summed E-state index contributed by atoms with van der Waals surface area (Å²) in [7, 11) is -3.97. The van der Waals surface area contributed by atoms with E-state index in [2.05, 4.69) is 16.7 Å². The Labute approximate surface area is 229 Å². The monoisotopic (exact) mass is 547 g/mol. The maximum absolute atomic E-state index is 14.0. The van der Waals surface area contributed by atoms with Gasteiger partial charge in [-0.2, -0.15) is 0 Å². The fourth-order valence-corrected chi connectivity index (χ4v) is 5.90. The van der Waals surface area contributed by atoms with Gasteiger partial charge in [0.2, 0.25) is 0 Å². The van der Waals surface area contributed by atoms with E-state index in [1.54, 1.807) is 74.6 Å². The first kappa shape index (κ1) is 27.5. The van der Waals surface area contributed by atoms with Crippen LogP contribution in [0.25, 0.3) is 11.3 Å². The number of aliphatic imine (C=N–C) groups is 1. The Kier molecular flexibility index (Phi) is 8.02. The number of pyridine rings is 1. The van der Waals surface area contributed by atoms with E-state index < -0.39 is 15.6 Å². The molecule has 0 bridgehead atoms. The summed E-state index contributed by atoms with van der Waals surface area (Å²) in [5, 5.41) is 11.1. The maximum Gasteiger partial charge on any atom is 0.264 e. The Morgan fingerprint density at radius 3 is 2.39 bits per heavy atom. The molecule has 0 saturated heterocycles. The van der Waals surface area contributed by atoms with E-state index in [-0.39, 0.29) is 11.4 Å². The van der Waals surface area contributed by atoms with Crippen molar-refractivity contribution in [2.75, 3.05) is 10.8 Å². The molecule has 4 aromatic rings. The van der Waals surface area contributed by atoms with Crippen LogP contribution in [-0.4, -0.2) is 31.8 Å². The smallest absolute Gasteiger partial charge is 0.264 e. The van der Waals surface area contributed by atoms with Gasteiger partial charge < -0.3 is 5.11 Å². The molecule has 38 heavy (non-hydrogen) atoms. The number of aromatic nitrogens is 1. The molecular weight excluding hydrogens is 518 g/mol. The largest absolute Gasteiger partial charge is 0.386 e. The summed E-state index contributed by atoms with van der Waals surface area (Å²) < 4.78 is 29.4. The highest BCUT2D eigenvalue weighted by Crippen LogP contribution is 2.40. The number of hydrogen-bond donors (Lipinski definition) is 1. The van der Waals surface area contributed by atoms with E-state index in [0.717, 1.165) is 11.1 Å². The van der Waals surface area contributed by atoms with Crippen molar-refractivity contribution in [3.8, 4) is 11.3 Å². The van der Waals surface area contributed by atoms with Crippen LogP contribution in [0.5, 0.6) is 0 Å². The molecule has 0 radical (unpaired) electrons. The Hall–Kier alpha value is -3.52. The van der Waals surface area contributed by atoms with Crippen molar-refractivity contribution in [1.82, 2.24) is 4.98 Å². The first-order valence-corrected chi connectivity index (χ1v) is 14.0. The van der Waals surface area contributed by atoms with E-state index >= 15 is 0 Å². The van der Waals surface area contributed by atoms with E-state index in [4.69, 9.17) is 11.6 Å². The van der Waals surface area contributed by atoms with E-state index in [1.165, 1.54) is 4.31 Å². The molecule has 3 aromatic carbocycles. The second-order valence-electron chi connectivity index (χ2n) is 9.55. The first-order valence-electron chi connectivity index (χ1n) is 12.1. The van der Waals surface area contributed by atoms with Crippen LogP contribution < -0.4 is 4.31 Å². The van der Waals surface area contributed by atoms with Gasteiger partial charge in [-0.15, -0.1) is 0 Å². The van der Waals surface area contributed by atoms with Crippen LogP contribution in [0.2, 0.25) is 5.02 Å². The van der Waals surface area contributed by atoms with Crippen LogP contribution in [0.3, 0.4) is 0 Å². The average molecular weight is 548 g/mol. The highest BCUT2D eigenvalue weighted by Gasteiger charge is 2.28. The molecule has 0 aliphatic carbocycles. The average Bonchev–Trinajstić information content (AvgIpc) is 2.89. The van der Waals surface area contributed by atoms with E-state index in [9.17, 15) is 13.5 Å². The molecule has 1 heterocycles. The minimum Gasteiger partial charge on any atom is -0.386 e. The Bertz CT molecular complexity index is 1560. The number of nitrogens with zero attached hydrogens (tertiary/aromatic N) is 3. The summed E-state index contributed by atoms with van der Waals surface area (Å²) in [5.74, 6) is 0. The summed E-state index contributed by atoms with van der Waals surface area (Å²) in [6.45, 7) is 9.18. The zero-order valence-electron chi connectivity index (χ0n) is 21.6. The lowest BCUT2D eigenvalue weighted by molar-refractivity contribution is 0.0785. The van der Waals surface area contributed by atoms with Gasteiger partial charge in [0, 0.05) is 23.3 Å². The number of anilines is 1. The van der Waals surface area contributed by atoms with Gasteiger partial charge >= 0.3 is 0 Å². The van der Waals surface area contributed by atoms with Gasteiger partial charge in [-0.05, 0) is 81.4 Å². The number of benzene rings is 3. The Morgan fingerprint density at radius 2 is 1.74 bits per heavy atom. The molecule has 0 atom stereocenters. The van der Waals surface area contributed by atoms with Crippen molar-refractivity contribution >= 4 is 39.7 Å². The molecule has 0 fully saturated rings. The number of hydrogen-bond acceptors (Lipinski definition) is 5. The molecule has 1 N–H and O–H groups in total. The van der Waals surface area contributed by atoms with Crippen LogP contribution in [0.1, 0.15) is 30.5 Å². The molecule has 1 aromatic heterocycles. The number of rotatable bonds is 9. The standard InChI is InChI=1S/C30H30ClN3O3S/c1-21-12-14-24(15-13-21)38(36,37)34(19-17-22-8-5-6-10-26(22)31)28-11-7-9-25(29(28)32-4)27-20-23(16-18-33-27)30(2,3)35/h5-16,18,20,35H,4,17,19H2,1-3H3. The van der Waals surface area contributed by atoms with Gasteiger partial charge in [-0.3, -0.25) is 14.3 Å². The van der Waals surface area contributed by atoms with Crippen LogP contribution in [0.4, 0.5) is 11.4 Å². The minimum atomic E-state index is -3.97. The molecule has 0 aliphatic rings. The Balaban J connectivity index is 1.87. The summed E-state index contributed by atoms with van der Waals surface area (Å²) in [5.41, 5.74) is 3.29. The molecule has 0 unspecified atom stereocenters. The van der Waals surface area contributed by atoms with Gasteiger partial charge in [0.05, 0.1) is 27.6 Å². The predicted molar refractivity (Wildman–Crippen MR) is 155 cm³/mol. The highest BCUT2D eigenvalue weighted by atomic mass is 35.5. The van der Waals surface area contributed by atoms with Gasteiger partial charge in [-0.25, -0.2) is 8.42 Å². The molecule has 4 rings (SSSR count). The lowest BCUT2D eigenvalue weighted by Crippen LogP contribution is -2.33. The van der Waals surface area contributed by atoms with Gasteiger partial charge in [0.15, 0.2) is 0 Å². The van der Waals surface area contributed by atoms with Crippen LogP contribution in [-0.2, 0) is 22.0 Å². The quantitative estimate of drug-likeness (QED) is 0.236. The number of aryl methyl sites for hydroxylation is 1. The van der Waals surface area contributed by atoms with Crippen molar-refractivity contribution in [1.29, 1.82) is 0 Å². The van der Waals surface area contributed by atoms with Gasteiger partial charge in [-0.1, -0.05) is 59.6 Å². The second-order valence-corrected chi connectivity index (χ2v) is 11.8. The third-order valence-corrected chi connectivity index (χ3v) is 8.53. The summed E-state index contributed by atoms with van der Waals surface area (Å²) in [6.07, 6.45) is 2.00. The van der Waals surface area contributed by atoms with Gasteiger partial charge in [0.1, 0.15) is 0 Å². The Morgan fingerprint density at radius 1 is 1.03 bits per heavy atom. The normalized spacial score (nSPS) is 11.8. The molecule has 196 valence electrons. The van der Waals surface area contributed by atoms with Crippen LogP contribution >= 0.6 is 11.6 Å². The van der Waals surface area contributed by atoms with Crippen LogP contribution in [0, 0.1) is 6.92 Å². The molecule has 0 spiro atoms. The molecule has 8 heteroatoms. The van der Waals surface area contributed by atoms with Gasteiger partial charge in [0.25, 0.3) is 10.0 Å². The number of aliphatic hydroxyl groups is 1. The topological polar surface area (TPSA) is 82.9 Å². The van der Waals surface area contributed by atoms with Crippen molar-refractivity contribution in [2.24, 2.45) is 4.99 Å². The molecule has 0 aliphatic heterocycles. The summed E-state index contributed by atoms with van der Waals surface area (Å²) >= 11 is 6.39. The minimum absolute atomic E-state index is 0.128. The van der Waals surface area contributed by atoms with Crippen molar-refractivity contribution in [3.63, 3.8) is 0 Å². The zero-order valence-corrected chi connectivity index (χ0v) is 23.2. The maximum atomic E-state index is 14.0. The molecule has 6 nitrogen and oxygen atoms in total. The van der Waals surface area contributed by atoms with Crippen molar-refractivity contribution < 1.29 is 13.5 Å². The van der Waals surface area contributed by atoms with Crippen molar-refractivity contribution in [3.05, 3.63) is 107 Å². The fraction of sp³-hybridized carbons (Fsp3) is 0.200. The predicted octanol–water partition coefficient (Wildman–Crippen LogP) is 6.71. The summed E-state index contributed by atoms with van der Waals surface area (Å²) in [6, 6.07) is 22.9. The van der Waals surface area contributed by atoms with E-state index in [0.29, 0.717) is 39.6 Å². The fourth-order valence-electron chi connectivity index (χ4n) is 4.19.